The van der Waals surface area contributed by atoms with Crippen molar-refractivity contribution in [2.24, 2.45) is 0 Å². The lowest BCUT2D eigenvalue weighted by Gasteiger charge is -2.14. The van der Waals surface area contributed by atoms with Crippen LogP contribution in [0.5, 0.6) is 0 Å². The molecule has 6 nitrogen and oxygen atoms in total. The second-order valence-corrected chi connectivity index (χ2v) is 4.80. The second-order valence-electron chi connectivity index (χ2n) is 4.80. The minimum Gasteiger partial charge on any atom is -0.451 e. The number of benzene rings is 1. The van der Waals surface area contributed by atoms with Crippen LogP contribution in [0.25, 0.3) is 0 Å². The van der Waals surface area contributed by atoms with E-state index in [9.17, 15) is 18.8 Å². The van der Waals surface area contributed by atoms with Gasteiger partial charge < -0.3 is 14.6 Å². The van der Waals surface area contributed by atoms with E-state index in [4.69, 9.17) is 4.74 Å². The maximum Gasteiger partial charge on any atom is 0.326 e. The first kappa shape index (κ1) is 16.4. The van der Waals surface area contributed by atoms with Crippen LogP contribution in [0.2, 0.25) is 0 Å². The van der Waals surface area contributed by atoms with Crippen LogP contribution in [0.15, 0.2) is 53.5 Å². The minimum atomic E-state index is -1.08. The van der Waals surface area contributed by atoms with Gasteiger partial charge in [0.15, 0.2) is 6.10 Å². The molecule has 0 unspecified atom stereocenters. The maximum atomic E-state index is 13.0. The third-order valence-electron chi connectivity index (χ3n) is 2.97. The van der Waals surface area contributed by atoms with Gasteiger partial charge in [-0.05, 0) is 31.2 Å². The molecule has 1 aromatic heterocycles. The van der Waals surface area contributed by atoms with Gasteiger partial charge in [0.2, 0.25) is 0 Å². The SMILES string of the molecule is C[C@@H](OC(=O)Cn1ccccc1=O)C(=O)Nc1cccc(F)c1. The molecule has 0 aliphatic heterocycles. The van der Waals surface area contributed by atoms with Gasteiger partial charge in [0, 0.05) is 18.0 Å². The Morgan fingerprint density at radius 3 is 2.74 bits per heavy atom. The molecular weight excluding hydrogens is 303 g/mol. The number of anilines is 1. The van der Waals surface area contributed by atoms with E-state index in [1.54, 1.807) is 12.1 Å². The first-order valence-corrected chi connectivity index (χ1v) is 6.87. The highest BCUT2D eigenvalue weighted by Gasteiger charge is 2.18. The van der Waals surface area contributed by atoms with Crippen molar-refractivity contribution in [1.82, 2.24) is 4.57 Å². The Morgan fingerprint density at radius 2 is 2.04 bits per heavy atom. The van der Waals surface area contributed by atoms with Crippen molar-refractivity contribution >= 4 is 17.6 Å². The van der Waals surface area contributed by atoms with Gasteiger partial charge in [0.1, 0.15) is 12.4 Å². The summed E-state index contributed by atoms with van der Waals surface area (Å²) in [6.07, 6.45) is 0.367. The van der Waals surface area contributed by atoms with Crippen molar-refractivity contribution in [3.05, 3.63) is 64.8 Å². The molecule has 2 rings (SSSR count). The molecule has 7 heteroatoms. The van der Waals surface area contributed by atoms with E-state index in [1.165, 1.54) is 42.0 Å². The number of pyridine rings is 1. The number of amides is 1. The fraction of sp³-hybridized carbons (Fsp3) is 0.188. The summed E-state index contributed by atoms with van der Waals surface area (Å²) in [6.45, 7) is 1.09. The van der Waals surface area contributed by atoms with Crippen LogP contribution >= 0.6 is 0 Å². The van der Waals surface area contributed by atoms with Crippen LogP contribution in [-0.2, 0) is 20.9 Å². The van der Waals surface area contributed by atoms with Crippen molar-refractivity contribution in [3.63, 3.8) is 0 Å². The third kappa shape index (κ3) is 4.77. The molecule has 120 valence electrons. The Bertz CT molecular complexity index is 772. The topological polar surface area (TPSA) is 77.4 Å². The number of esters is 1. The summed E-state index contributed by atoms with van der Waals surface area (Å²) in [5.74, 6) is -1.81. The number of ether oxygens (including phenoxy) is 1. The molecule has 0 aliphatic carbocycles. The molecular formula is C16H15FN2O4. The molecule has 0 saturated heterocycles. The van der Waals surface area contributed by atoms with Gasteiger partial charge in [-0.2, -0.15) is 0 Å². The van der Waals surface area contributed by atoms with Gasteiger partial charge >= 0.3 is 5.97 Å². The number of nitrogens with one attached hydrogen (secondary N) is 1. The summed E-state index contributed by atoms with van der Waals surface area (Å²) >= 11 is 0. The summed E-state index contributed by atoms with van der Waals surface area (Å²) in [4.78, 5) is 35.2. The van der Waals surface area contributed by atoms with Crippen LogP contribution in [0.1, 0.15) is 6.92 Å². The number of halogens is 1. The van der Waals surface area contributed by atoms with E-state index in [1.807, 2.05) is 0 Å². The molecule has 2 aromatic rings. The van der Waals surface area contributed by atoms with Gasteiger partial charge in [-0.25, -0.2) is 4.39 Å². The van der Waals surface area contributed by atoms with Crippen molar-refractivity contribution in [1.29, 1.82) is 0 Å². The van der Waals surface area contributed by atoms with Crippen LogP contribution in [-0.4, -0.2) is 22.5 Å². The quantitative estimate of drug-likeness (QED) is 0.849. The zero-order valence-electron chi connectivity index (χ0n) is 12.4. The van der Waals surface area contributed by atoms with Gasteiger partial charge in [0.05, 0.1) is 0 Å². The predicted octanol–water partition coefficient (Wildman–Crippen LogP) is 1.56. The maximum absolute atomic E-state index is 13.0. The molecule has 0 spiro atoms. The predicted molar refractivity (Wildman–Crippen MR) is 81.3 cm³/mol. The number of nitrogens with zero attached hydrogens (tertiary/aromatic N) is 1. The van der Waals surface area contributed by atoms with E-state index in [0.29, 0.717) is 0 Å². The number of hydrogen-bond acceptors (Lipinski definition) is 4. The fourth-order valence-corrected chi connectivity index (χ4v) is 1.83. The molecule has 1 heterocycles. The van der Waals surface area contributed by atoms with Crippen LogP contribution in [0.4, 0.5) is 10.1 Å². The average molecular weight is 318 g/mol. The highest BCUT2D eigenvalue weighted by Crippen LogP contribution is 2.10. The number of rotatable bonds is 5. The van der Waals surface area contributed by atoms with Gasteiger partial charge in [-0.3, -0.25) is 14.4 Å². The Kier molecular flexibility index (Phi) is 5.24. The standard InChI is InChI=1S/C16H15FN2O4/c1-11(16(22)18-13-6-4-5-12(17)9-13)23-15(21)10-19-8-3-2-7-14(19)20/h2-9,11H,10H2,1H3,(H,18,22)/t11-/m1/s1. The second kappa shape index (κ2) is 7.35. The lowest BCUT2D eigenvalue weighted by atomic mass is 10.3. The van der Waals surface area contributed by atoms with E-state index >= 15 is 0 Å². The zero-order valence-corrected chi connectivity index (χ0v) is 12.4. The van der Waals surface area contributed by atoms with Crippen LogP contribution in [0, 0.1) is 5.82 Å². The Balaban J connectivity index is 1.91. The van der Waals surface area contributed by atoms with Crippen molar-refractivity contribution < 1.29 is 18.7 Å². The third-order valence-corrected chi connectivity index (χ3v) is 2.97. The van der Waals surface area contributed by atoms with Crippen molar-refractivity contribution in [3.8, 4) is 0 Å². The number of hydrogen-bond donors (Lipinski definition) is 1. The highest BCUT2D eigenvalue weighted by atomic mass is 19.1. The van der Waals surface area contributed by atoms with Crippen LogP contribution in [0.3, 0.4) is 0 Å². The van der Waals surface area contributed by atoms with E-state index in [-0.39, 0.29) is 17.8 Å². The molecule has 0 aliphatic rings. The lowest BCUT2D eigenvalue weighted by molar-refractivity contribution is -0.153. The fourth-order valence-electron chi connectivity index (χ4n) is 1.83. The smallest absolute Gasteiger partial charge is 0.326 e. The molecule has 1 atom stereocenters. The lowest BCUT2D eigenvalue weighted by Crippen LogP contribution is -2.32. The Labute approximate surface area is 131 Å². The molecule has 0 radical (unpaired) electrons. The highest BCUT2D eigenvalue weighted by molar-refractivity contribution is 5.95. The van der Waals surface area contributed by atoms with Gasteiger partial charge in [-0.15, -0.1) is 0 Å². The van der Waals surface area contributed by atoms with E-state index in [0.717, 1.165) is 6.07 Å². The largest absolute Gasteiger partial charge is 0.451 e. The Morgan fingerprint density at radius 1 is 1.26 bits per heavy atom. The molecule has 1 amide bonds. The molecule has 1 N–H and O–H groups in total. The summed E-state index contributed by atoms with van der Waals surface area (Å²) < 4.78 is 19.2. The van der Waals surface area contributed by atoms with Crippen molar-refractivity contribution in [2.75, 3.05) is 5.32 Å². The van der Waals surface area contributed by atoms with Gasteiger partial charge in [0.25, 0.3) is 11.5 Å². The minimum absolute atomic E-state index is 0.261. The molecule has 23 heavy (non-hydrogen) atoms. The average Bonchev–Trinajstić information content (AvgIpc) is 2.49. The molecule has 0 bridgehead atoms. The molecule has 1 aromatic carbocycles. The summed E-state index contributed by atoms with van der Waals surface area (Å²) in [5.41, 5.74) is -0.0847. The number of carbonyl (C=O) groups excluding carboxylic acids is 2. The summed E-state index contributed by atoms with van der Waals surface area (Å²) in [7, 11) is 0. The first-order valence-electron chi connectivity index (χ1n) is 6.87. The van der Waals surface area contributed by atoms with E-state index < -0.39 is 23.8 Å². The van der Waals surface area contributed by atoms with Crippen LogP contribution < -0.4 is 10.9 Å². The number of carbonyl (C=O) groups is 2. The Hall–Kier alpha value is -2.96. The van der Waals surface area contributed by atoms with Gasteiger partial charge in [-0.1, -0.05) is 12.1 Å². The zero-order chi connectivity index (χ0) is 16.8. The molecule has 0 saturated carbocycles. The van der Waals surface area contributed by atoms with Crippen molar-refractivity contribution in [2.45, 2.75) is 19.6 Å². The first-order chi connectivity index (χ1) is 11.0. The summed E-state index contributed by atoms with van der Waals surface area (Å²) in [5, 5.41) is 2.44. The monoisotopic (exact) mass is 318 g/mol. The van der Waals surface area contributed by atoms with E-state index in [2.05, 4.69) is 5.32 Å². The molecule has 0 fully saturated rings. The number of aromatic nitrogens is 1. The summed E-state index contributed by atoms with van der Waals surface area (Å²) in [6, 6.07) is 9.83. The normalized spacial score (nSPS) is 11.6.